The highest BCUT2D eigenvalue weighted by atomic mass is 32.1. The molecule has 2 heterocycles. The molecule has 0 bridgehead atoms. The summed E-state index contributed by atoms with van der Waals surface area (Å²) in [5.74, 6) is -0.162. The van der Waals surface area contributed by atoms with Crippen LogP contribution in [-0.4, -0.2) is 36.5 Å². The van der Waals surface area contributed by atoms with Crippen LogP contribution < -0.4 is 0 Å². The lowest BCUT2D eigenvalue weighted by atomic mass is 9.98. The lowest BCUT2D eigenvalue weighted by Crippen LogP contribution is -2.42. The van der Waals surface area contributed by atoms with Crippen molar-refractivity contribution in [1.29, 1.82) is 0 Å². The molecule has 0 unspecified atom stereocenters. The molecule has 1 atom stereocenters. The zero-order valence-electron chi connectivity index (χ0n) is 11.8. The van der Waals surface area contributed by atoms with E-state index in [4.69, 9.17) is 4.74 Å². The predicted octanol–water partition coefficient (Wildman–Crippen LogP) is 2.48. The number of thiophene rings is 1. The van der Waals surface area contributed by atoms with Crippen molar-refractivity contribution in [2.75, 3.05) is 19.7 Å². The Kier molecular flexibility index (Phi) is 5.59. The van der Waals surface area contributed by atoms with E-state index in [2.05, 4.69) is 6.07 Å². The van der Waals surface area contributed by atoms with Gasteiger partial charge >= 0.3 is 5.97 Å². The molecular formula is C15H21NO3S. The predicted molar refractivity (Wildman–Crippen MR) is 78.6 cm³/mol. The summed E-state index contributed by atoms with van der Waals surface area (Å²) in [5, 5.41) is 2.03. The quantitative estimate of drug-likeness (QED) is 0.784. The summed E-state index contributed by atoms with van der Waals surface area (Å²) in [5.41, 5.74) is 0. The van der Waals surface area contributed by atoms with Gasteiger partial charge in [-0.05, 0) is 37.6 Å². The number of aryl methyl sites for hydroxylation is 1. The van der Waals surface area contributed by atoms with Gasteiger partial charge in [0, 0.05) is 24.4 Å². The number of esters is 1. The van der Waals surface area contributed by atoms with Crippen LogP contribution in [0.25, 0.3) is 0 Å². The van der Waals surface area contributed by atoms with Gasteiger partial charge in [-0.2, -0.15) is 0 Å². The normalized spacial score (nSPS) is 18.9. The van der Waals surface area contributed by atoms with Crippen LogP contribution in [0.3, 0.4) is 0 Å². The van der Waals surface area contributed by atoms with Crippen LogP contribution in [0.15, 0.2) is 17.5 Å². The van der Waals surface area contributed by atoms with Gasteiger partial charge < -0.3 is 9.64 Å². The third kappa shape index (κ3) is 4.07. The molecule has 2 rings (SSSR count). The Bertz CT molecular complexity index is 444. The van der Waals surface area contributed by atoms with Crippen molar-refractivity contribution in [3.05, 3.63) is 22.4 Å². The van der Waals surface area contributed by atoms with Gasteiger partial charge in [-0.1, -0.05) is 6.07 Å². The Morgan fingerprint density at radius 2 is 2.35 bits per heavy atom. The first-order valence-electron chi connectivity index (χ1n) is 7.17. The molecule has 1 aromatic heterocycles. The number of rotatable bonds is 5. The molecule has 0 spiro atoms. The van der Waals surface area contributed by atoms with Crippen molar-refractivity contribution in [1.82, 2.24) is 4.90 Å². The number of hydrogen-bond donors (Lipinski definition) is 0. The van der Waals surface area contributed by atoms with Crippen LogP contribution in [0, 0.1) is 5.92 Å². The first kappa shape index (κ1) is 15.0. The van der Waals surface area contributed by atoms with Gasteiger partial charge in [-0.15, -0.1) is 11.3 Å². The molecule has 0 aromatic carbocycles. The largest absolute Gasteiger partial charge is 0.466 e. The Labute approximate surface area is 123 Å². The van der Waals surface area contributed by atoms with E-state index < -0.39 is 0 Å². The lowest BCUT2D eigenvalue weighted by Gasteiger charge is -2.31. The molecule has 0 aliphatic carbocycles. The second kappa shape index (κ2) is 7.43. The van der Waals surface area contributed by atoms with E-state index in [0.717, 1.165) is 25.8 Å². The van der Waals surface area contributed by atoms with Crippen molar-refractivity contribution in [3.8, 4) is 0 Å². The summed E-state index contributed by atoms with van der Waals surface area (Å²) >= 11 is 1.68. The number of likely N-dealkylation sites (tertiary alicyclic amines) is 1. The van der Waals surface area contributed by atoms with Gasteiger partial charge in [0.15, 0.2) is 0 Å². The fourth-order valence-corrected chi connectivity index (χ4v) is 3.21. The number of nitrogens with zero attached hydrogens (tertiary/aromatic N) is 1. The number of carbonyl (C=O) groups excluding carboxylic acids is 2. The number of piperidine rings is 1. The zero-order chi connectivity index (χ0) is 14.4. The minimum Gasteiger partial charge on any atom is -0.466 e. The molecule has 0 N–H and O–H groups in total. The van der Waals surface area contributed by atoms with Crippen molar-refractivity contribution in [3.63, 3.8) is 0 Å². The first-order chi connectivity index (χ1) is 9.70. The van der Waals surface area contributed by atoms with Gasteiger partial charge in [0.2, 0.25) is 5.91 Å². The summed E-state index contributed by atoms with van der Waals surface area (Å²) < 4.78 is 5.05. The summed E-state index contributed by atoms with van der Waals surface area (Å²) in [7, 11) is 0. The van der Waals surface area contributed by atoms with Crippen LogP contribution in [-0.2, 0) is 20.7 Å². The standard InChI is InChI=1S/C15H21NO3S/c1-2-19-15(18)12-5-3-9-16(11-12)14(17)8-7-13-6-4-10-20-13/h4,6,10,12H,2-3,5,7-9,11H2,1H3/t12-/m1/s1. The minimum absolute atomic E-state index is 0.144. The molecule has 4 nitrogen and oxygen atoms in total. The molecule has 110 valence electrons. The lowest BCUT2D eigenvalue weighted by molar-refractivity contribution is -0.151. The Morgan fingerprint density at radius 3 is 3.05 bits per heavy atom. The molecule has 1 aliphatic heterocycles. The topological polar surface area (TPSA) is 46.6 Å². The maximum absolute atomic E-state index is 12.2. The van der Waals surface area contributed by atoms with Gasteiger partial charge in [-0.3, -0.25) is 9.59 Å². The van der Waals surface area contributed by atoms with E-state index in [1.807, 2.05) is 23.3 Å². The fraction of sp³-hybridized carbons (Fsp3) is 0.600. The maximum atomic E-state index is 12.2. The summed E-state index contributed by atoms with van der Waals surface area (Å²) in [6.07, 6.45) is 3.02. The maximum Gasteiger partial charge on any atom is 0.310 e. The van der Waals surface area contributed by atoms with E-state index in [0.29, 0.717) is 19.6 Å². The fourth-order valence-electron chi connectivity index (χ4n) is 2.50. The average Bonchev–Trinajstić information content (AvgIpc) is 2.98. The monoisotopic (exact) mass is 295 g/mol. The van der Waals surface area contributed by atoms with Gasteiger partial charge in [0.05, 0.1) is 12.5 Å². The number of hydrogen-bond acceptors (Lipinski definition) is 4. The van der Waals surface area contributed by atoms with Crippen LogP contribution in [0.4, 0.5) is 0 Å². The van der Waals surface area contributed by atoms with Crippen molar-refractivity contribution >= 4 is 23.2 Å². The summed E-state index contributed by atoms with van der Waals surface area (Å²) in [4.78, 5) is 27.0. The number of ether oxygens (including phenoxy) is 1. The molecule has 1 amide bonds. The third-order valence-electron chi connectivity index (χ3n) is 3.56. The molecule has 1 aromatic rings. The zero-order valence-corrected chi connectivity index (χ0v) is 12.7. The Morgan fingerprint density at radius 1 is 1.50 bits per heavy atom. The number of carbonyl (C=O) groups is 2. The van der Waals surface area contributed by atoms with Crippen LogP contribution in [0.5, 0.6) is 0 Å². The smallest absolute Gasteiger partial charge is 0.310 e. The molecule has 20 heavy (non-hydrogen) atoms. The summed E-state index contributed by atoms with van der Waals surface area (Å²) in [6, 6.07) is 4.05. The van der Waals surface area contributed by atoms with E-state index in [1.54, 1.807) is 11.3 Å². The molecule has 0 saturated carbocycles. The molecule has 1 fully saturated rings. The van der Waals surface area contributed by atoms with Gasteiger partial charge in [0.1, 0.15) is 0 Å². The first-order valence-corrected chi connectivity index (χ1v) is 8.05. The second-order valence-electron chi connectivity index (χ2n) is 5.01. The van der Waals surface area contributed by atoms with E-state index in [-0.39, 0.29) is 17.8 Å². The van der Waals surface area contributed by atoms with Crippen LogP contribution in [0.1, 0.15) is 31.1 Å². The molecule has 1 aliphatic rings. The number of amides is 1. The van der Waals surface area contributed by atoms with Gasteiger partial charge in [-0.25, -0.2) is 0 Å². The van der Waals surface area contributed by atoms with E-state index >= 15 is 0 Å². The van der Waals surface area contributed by atoms with Crippen LogP contribution >= 0.6 is 11.3 Å². The molecule has 1 saturated heterocycles. The highest BCUT2D eigenvalue weighted by Gasteiger charge is 2.28. The Hall–Kier alpha value is -1.36. The SMILES string of the molecule is CCOC(=O)[C@@H]1CCCN(C(=O)CCc2cccs2)C1. The summed E-state index contributed by atoms with van der Waals surface area (Å²) in [6.45, 7) is 3.49. The third-order valence-corrected chi connectivity index (χ3v) is 4.50. The highest BCUT2D eigenvalue weighted by molar-refractivity contribution is 7.09. The van der Waals surface area contributed by atoms with Crippen molar-refractivity contribution < 1.29 is 14.3 Å². The highest BCUT2D eigenvalue weighted by Crippen LogP contribution is 2.19. The van der Waals surface area contributed by atoms with E-state index in [1.165, 1.54) is 4.88 Å². The van der Waals surface area contributed by atoms with Gasteiger partial charge in [0.25, 0.3) is 0 Å². The van der Waals surface area contributed by atoms with Crippen molar-refractivity contribution in [2.45, 2.75) is 32.6 Å². The van der Waals surface area contributed by atoms with Crippen LogP contribution in [0.2, 0.25) is 0 Å². The minimum atomic E-state index is -0.164. The van der Waals surface area contributed by atoms with E-state index in [9.17, 15) is 9.59 Å². The molecule has 5 heteroatoms. The molecular weight excluding hydrogens is 274 g/mol. The van der Waals surface area contributed by atoms with Crippen molar-refractivity contribution in [2.24, 2.45) is 5.92 Å². The average molecular weight is 295 g/mol. The Balaban J connectivity index is 1.81. The molecule has 0 radical (unpaired) electrons. The second-order valence-corrected chi connectivity index (χ2v) is 6.04.